The van der Waals surface area contributed by atoms with E-state index >= 15 is 0 Å². The van der Waals surface area contributed by atoms with Gasteiger partial charge in [-0.25, -0.2) is 0 Å². The van der Waals surface area contributed by atoms with Crippen LogP contribution in [0.15, 0.2) is 9.00 Å². The Hall–Kier alpha value is -0.510. The lowest BCUT2D eigenvalue weighted by Crippen LogP contribution is -2.01. The Bertz CT molecular complexity index is 270. The molecule has 0 fully saturated rings. The molecule has 0 saturated carbocycles. The molecule has 1 aromatic rings. The van der Waals surface area contributed by atoms with Crippen molar-refractivity contribution in [3.8, 4) is 0 Å². The molecule has 0 amide bonds. The predicted octanol–water partition coefficient (Wildman–Crippen LogP) is 2.78. The first-order valence-corrected chi connectivity index (χ1v) is 4.74. The molecular formula is C8H13BrN2O. The number of halogens is 1. The highest BCUT2D eigenvalue weighted by molar-refractivity contribution is 9.10. The summed E-state index contributed by atoms with van der Waals surface area (Å²) < 4.78 is 5.89. The van der Waals surface area contributed by atoms with Crippen molar-refractivity contribution in [2.24, 2.45) is 5.92 Å². The van der Waals surface area contributed by atoms with Gasteiger partial charge >= 0.3 is 0 Å². The van der Waals surface area contributed by atoms with E-state index in [1.54, 1.807) is 0 Å². The zero-order chi connectivity index (χ0) is 9.30. The number of anilines is 1. The number of nitrogens with two attached hydrogens (primary N) is 1. The van der Waals surface area contributed by atoms with Crippen molar-refractivity contribution in [2.75, 3.05) is 5.73 Å². The van der Waals surface area contributed by atoms with E-state index in [1.807, 2.05) is 0 Å². The van der Waals surface area contributed by atoms with Gasteiger partial charge in [-0.05, 0) is 21.8 Å². The van der Waals surface area contributed by atoms with Crippen LogP contribution >= 0.6 is 15.9 Å². The molecule has 4 heteroatoms. The summed E-state index contributed by atoms with van der Waals surface area (Å²) in [4.78, 5) is 0. The molecule has 0 aromatic carbocycles. The normalized spacial score (nSPS) is 13.8. The largest absolute Gasteiger partial charge is 0.380 e. The van der Waals surface area contributed by atoms with Gasteiger partial charge in [-0.2, -0.15) is 0 Å². The second kappa shape index (κ2) is 3.47. The Morgan fingerprint density at radius 1 is 1.42 bits per heavy atom. The van der Waals surface area contributed by atoms with Crippen molar-refractivity contribution < 1.29 is 4.52 Å². The van der Waals surface area contributed by atoms with Crippen LogP contribution < -0.4 is 5.73 Å². The number of hydrogen-bond donors (Lipinski definition) is 1. The number of rotatable bonds is 2. The molecule has 0 bridgehead atoms. The topological polar surface area (TPSA) is 52.0 Å². The fraction of sp³-hybridized carbons (Fsp3) is 0.625. The van der Waals surface area contributed by atoms with Gasteiger partial charge in [0.2, 0.25) is 0 Å². The molecule has 0 aliphatic carbocycles. The van der Waals surface area contributed by atoms with Crippen LogP contribution in [-0.4, -0.2) is 5.16 Å². The Labute approximate surface area is 80.4 Å². The van der Waals surface area contributed by atoms with E-state index in [9.17, 15) is 0 Å². The van der Waals surface area contributed by atoms with Crippen LogP contribution in [0, 0.1) is 5.92 Å². The van der Waals surface area contributed by atoms with Crippen molar-refractivity contribution in [1.82, 2.24) is 5.16 Å². The average Bonchev–Trinajstić information content (AvgIpc) is 2.32. The second-order valence-corrected chi connectivity index (χ2v) is 4.07. The molecule has 1 rings (SSSR count). The highest BCUT2D eigenvalue weighted by Crippen LogP contribution is 2.33. The van der Waals surface area contributed by atoms with E-state index in [4.69, 9.17) is 10.3 Å². The molecular weight excluding hydrogens is 220 g/mol. The quantitative estimate of drug-likeness (QED) is 0.854. The number of aromatic nitrogens is 1. The summed E-state index contributed by atoms with van der Waals surface area (Å²) in [5.74, 6) is 2.12. The third-order valence-corrected chi connectivity index (χ3v) is 2.89. The molecule has 0 saturated heterocycles. The van der Waals surface area contributed by atoms with Gasteiger partial charge in [-0.15, -0.1) is 0 Å². The molecule has 1 atom stereocenters. The van der Waals surface area contributed by atoms with Crippen LogP contribution in [0.3, 0.4) is 0 Å². The van der Waals surface area contributed by atoms with Crippen LogP contribution in [0.2, 0.25) is 0 Å². The van der Waals surface area contributed by atoms with Gasteiger partial charge in [0, 0.05) is 5.92 Å². The molecule has 0 aliphatic rings. The maximum absolute atomic E-state index is 5.53. The first-order chi connectivity index (χ1) is 5.54. The average molecular weight is 233 g/mol. The highest BCUT2D eigenvalue weighted by Gasteiger charge is 2.20. The number of nitrogen functional groups attached to an aromatic ring is 1. The summed E-state index contributed by atoms with van der Waals surface area (Å²) in [5.41, 5.74) is 5.53. The molecule has 1 heterocycles. The summed E-state index contributed by atoms with van der Waals surface area (Å²) >= 11 is 3.34. The minimum absolute atomic E-state index is 0.337. The van der Waals surface area contributed by atoms with Gasteiger partial charge in [0.1, 0.15) is 4.47 Å². The van der Waals surface area contributed by atoms with Gasteiger partial charge in [-0.1, -0.05) is 25.9 Å². The van der Waals surface area contributed by atoms with Crippen molar-refractivity contribution in [3.05, 3.63) is 10.2 Å². The smallest absolute Gasteiger partial charge is 0.181 e. The van der Waals surface area contributed by atoms with Crippen LogP contribution in [0.4, 0.5) is 5.82 Å². The van der Waals surface area contributed by atoms with E-state index in [2.05, 4.69) is 41.9 Å². The summed E-state index contributed by atoms with van der Waals surface area (Å²) in [5, 5.41) is 3.68. The van der Waals surface area contributed by atoms with Crippen molar-refractivity contribution >= 4 is 21.7 Å². The maximum atomic E-state index is 5.53. The standard InChI is InChI=1S/C8H13BrN2O/c1-4(2)5(3)7-6(9)8(10)11-12-7/h4-5H,1-3H3,(H2,10,11). The molecule has 2 N–H and O–H groups in total. The minimum atomic E-state index is 0.337. The molecule has 1 unspecified atom stereocenters. The molecule has 1 aromatic heterocycles. The first-order valence-electron chi connectivity index (χ1n) is 3.94. The Morgan fingerprint density at radius 3 is 2.33 bits per heavy atom. The minimum Gasteiger partial charge on any atom is -0.380 e. The van der Waals surface area contributed by atoms with E-state index in [1.165, 1.54) is 0 Å². The van der Waals surface area contributed by atoms with Crippen LogP contribution in [0.5, 0.6) is 0 Å². The van der Waals surface area contributed by atoms with E-state index in [-0.39, 0.29) is 0 Å². The lowest BCUT2D eigenvalue weighted by molar-refractivity contribution is 0.339. The van der Waals surface area contributed by atoms with Crippen LogP contribution in [-0.2, 0) is 0 Å². The predicted molar refractivity (Wildman–Crippen MR) is 51.9 cm³/mol. The SMILES string of the molecule is CC(C)C(C)c1onc(N)c1Br. The molecule has 0 spiro atoms. The maximum Gasteiger partial charge on any atom is 0.181 e. The van der Waals surface area contributed by atoms with Gasteiger partial charge in [0.05, 0.1) is 0 Å². The van der Waals surface area contributed by atoms with E-state index in [0.717, 1.165) is 10.2 Å². The van der Waals surface area contributed by atoms with Crippen LogP contribution in [0.25, 0.3) is 0 Å². The van der Waals surface area contributed by atoms with E-state index in [0.29, 0.717) is 17.7 Å². The summed E-state index contributed by atoms with van der Waals surface area (Å²) in [6, 6.07) is 0. The third-order valence-electron chi connectivity index (χ3n) is 2.10. The fourth-order valence-electron chi connectivity index (χ4n) is 0.890. The monoisotopic (exact) mass is 232 g/mol. The molecule has 68 valence electrons. The van der Waals surface area contributed by atoms with E-state index < -0.39 is 0 Å². The van der Waals surface area contributed by atoms with Gasteiger partial charge < -0.3 is 10.3 Å². The molecule has 12 heavy (non-hydrogen) atoms. The summed E-state index contributed by atoms with van der Waals surface area (Å²) in [7, 11) is 0. The lowest BCUT2D eigenvalue weighted by atomic mass is 9.96. The van der Waals surface area contributed by atoms with Gasteiger partial charge in [0.25, 0.3) is 0 Å². The third kappa shape index (κ3) is 1.63. The Kier molecular flexibility index (Phi) is 2.77. The van der Waals surface area contributed by atoms with Crippen molar-refractivity contribution in [2.45, 2.75) is 26.7 Å². The fourth-order valence-corrected chi connectivity index (χ4v) is 1.40. The Balaban J connectivity index is 2.95. The highest BCUT2D eigenvalue weighted by atomic mass is 79.9. The second-order valence-electron chi connectivity index (χ2n) is 3.28. The number of nitrogens with zero attached hydrogens (tertiary/aromatic N) is 1. The zero-order valence-corrected chi connectivity index (χ0v) is 9.05. The Morgan fingerprint density at radius 2 is 2.00 bits per heavy atom. The van der Waals surface area contributed by atoms with Gasteiger partial charge in [0.15, 0.2) is 11.6 Å². The zero-order valence-electron chi connectivity index (χ0n) is 7.47. The number of hydrogen-bond acceptors (Lipinski definition) is 3. The summed E-state index contributed by atoms with van der Waals surface area (Å²) in [6.45, 7) is 6.36. The lowest BCUT2D eigenvalue weighted by Gasteiger charge is -2.11. The molecule has 3 nitrogen and oxygen atoms in total. The first kappa shape index (κ1) is 9.58. The summed E-state index contributed by atoms with van der Waals surface area (Å²) in [6.07, 6.45) is 0. The molecule has 0 aliphatic heterocycles. The van der Waals surface area contributed by atoms with Crippen molar-refractivity contribution in [3.63, 3.8) is 0 Å². The van der Waals surface area contributed by atoms with Crippen molar-refractivity contribution in [1.29, 1.82) is 0 Å². The molecule has 0 radical (unpaired) electrons. The van der Waals surface area contributed by atoms with Gasteiger partial charge in [-0.3, -0.25) is 0 Å². The van der Waals surface area contributed by atoms with Crippen LogP contribution in [0.1, 0.15) is 32.4 Å².